The lowest BCUT2D eigenvalue weighted by Crippen LogP contribution is -2.40. The number of hydrogen-bond acceptors (Lipinski definition) is 6. The molecular formula is C27H31FN4O6. The Hall–Kier alpha value is -4.25. The lowest BCUT2D eigenvalue weighted by molar-refractivity contribution is -0.142. The first kappa shape index (κ1) is 28.3. The number of halogens is 1. The first-order valence-electron chi connectivity index (χ1n) is 11.9. The summed E-state index contributed by atoms with van der Waals surface area (Å²) in [4.78, 5) is 28.0. The second-order valence-corrected chi connectivity index (χ2v) is 9.47. The van der Waals surface area contributed by atoms with Crippen molar-refractivity contribution >= 4 is 23.9 Å². The van der Waals surface area contributed by atoms with Crippen LogP contribution in [0.15, 0.2) is 64.1 Å². The van der Waals surface area contributed by atoms with E-state index >= 15 is 0 Å². The Morgan fingerprint density at radius 2 is 1.89 bits per heavy atom. The first-order valence-corrected chi connectivity index (χ1v) is 11.9. The Morgan fingerprint density at radius 3 is 2.53 bits per heavy atom. The standard InChI is InChI=1S/C27H31FN4O6/c1-17(19-10-11-20(21(28)14-19)18-8-6-5-7-9-18)22-15-23(38-31-22)32(12-13-36-16-24(33)34)25(29)30-26(35)37-27(2,3)4/h5-11,14-15,17H,12-13,16H2,1-4H3,(H,33,34)(H2,29,30,35). The first-order chi connectivity index (χ1) is 17.9. The van der Waals surface area contributed by atoms with Gasteiger partial charge in [-0.25, -0.2) is 14.0 Å². The number of nitrogens with two attached hydrogens (primary N) is 1. The van der Waals surface area contributed by atoms with Crippen molar-refractivity contribution in [3.05, 3.63) is 71.7 Å². The van der Waals surface area contributed by atoms with Gasteiger partial charge in [0, 0.05) is 17.5 Å². The van der Waals surface area contributed by atoms with E-state index < -0.39 is 24.3 Å². The summed E-state index contributed by atoms with van der Waals surface area (Å²) in [6, 6.07) is 15.8. The van der Waals surface area contributed by atoms with Crippen molar-refractivity contribution < 1.29 is 33.1 Å². The molecule has 3 N–H and O–H groups in total. The van der Waals surface area contributed by atoms with Crippen LogP contribution in [0.1, 0.15) is 44.9 Å². The molecule has 0 radical (unpaired) electrons. The van der Waals surface area contributed by atoms with Gasteiger partial charge < -0.3 is 24.8 Å². The molecule has 1 aromatic heterocycles. The number of guanidine groups is 1. The van der Waals surface area contributed by atoms with Crippen LogP contribution in [0.2, 0.25) is 0 Å². The molecule has 3 rings (SSSR count). The molecule has 38 heavy (non-hydrogen) atoms. The van der Waals surface area contributed by atoms with E-state index in [0.29, 0.717) is 16.8 Å². The molecule has 0 saturated carbocycles. The number of anilines is 1. The molecule has 0 aliphatic carbocycles. The molecule has 0 spiro atoms. The van der Waals surface area contributed by atoms with Crippen molar-refractivity contribution in [1.82, 2.24) is 5.16 Å². The lowest BCUT2D eigenvalue weighted by Gasteiger charge is -2.21. The largest absolute Gasteiger partial charge is 0.480 e. The number of rotatable bonds is 9. The summed E-state index contributed by atoms with van der Waals surface area (Å²) in [5.74, 6) is -1.96. The van der Waals surface area contributed by atoms with Gasteiger partial charge in [-0.3, -0.25) is 4.90 Å². The minimum atomic E-state index is -1.13. The monoisotopic (exact) mass is 526 g/mol. The molecule has 0 aliphatic heterocycles. The van der Waals surface area contributed by atoms with Gasteiger partial charge in [-0.1, -0.05) is 54.5 Å². The predicted molar refractivity (Wildman–Crippen MR) is 140 cm³/mol. The Labute approximate surface area is 219 Å². The molecule has 3 aromatic rings. The molecule has 1 unspecified atom stereocenters. The normalized spacial score (nSPS) is 12.7. The quantitative estimate of drug-likeness (QED) is 0.229. The summed E-state index contributed by atoms with van der Waals surface area (Å²) >= 11 is 0. The Balaban J connectivity index is 1.83. The lowest BCUT2D eigenvalue weighted by atomic mass is 9.95. The number of benzene rings is 2. The van der Waals surface area contributed by atoms with Crippen LogP contribution in [0.25, 0.3) is 11.1 Å². The summed E-state index contributed by atoms with van der Waals surface area (Å²) < 4.78 is 30.7. The fourth-order valence-corrected chi connectivity index (χ4v) is 3.52. The number of carbonyl (C=O) groups is 2. The van der Waals surface area contributed by atoms with Gasteiger partial charge >= 0.3 is 12.1 Å². The molecule has 0 fully saturated rings. The molecule has 0 aliphatic rings. The number of ether oxygens (including phenoxy) is 2. The molecule has 11 heteroatoms. The fraction of sp³-hybridized carbons (Fsp3) is 0.333. The summed E-state index contributed by atoms with van der Waals surface area (Å²) in [6.45, 7) is 6.34. The minimum absolute atomic E-state index is 0.00876. The number of aliphatic imine (C=N–C) groups is 1. The molecule has 0 saturated heterocycles. The van der Waals surface area contributed by atoms with Crippen molar-refractivity contribution in [2.75, 3.05) is 24.7 Å². The summed E-state index contributed by atoms with van der Waals surface area (Å²) in [5, 5.41) is 12.9. The van der Waals surface area contributed by atoms with Crippen LogP contribution < -0.4 is 10.6 Å². The zero-order chi connectivity index (χ0) is 27.9. The third kappa shape index (κ3) is 7.87. The van der Waals surface area contributed by atoms with Crippen LogP contribution in [-0.4, -0.2) is 53.6 Å². The van der Waals surface area contributed by atoms with Crippen molar-refractivity contribution in [3.63, 3.8) is 0 Å². The zero-order valence-corrected chi connectivity index (χ0v) is 21.7. The number of aliphatic carboxylic acids is 1. The van der Waals surface area contributed by atoms with Crippen molar-refractivity contribution in [1.29, 1.82) is 0 Å². The van der Waals surface area contributed by atoms with E-state index in [0.717, 1.165) is 5.56 Å². The number of carboxylic acids is 1. The van der Waals surface area contributed by atoms with E-state index in [1.54, 1.807) is 32.9 Å². The van der Waals surface area contributed by atoms with E-state index in [9.17, 15) is 14.0 Å². The molecule has 1 heterocycles. The van der Waals surface area contributed by atoms with Crippen LogP contribution in [0, 0.1) is 5.82 Å². The smallest absolute Gasteiger partial charge is 0.437 e. The third-order valence-electron chi connectivity index (χ3n) is 5.36. The number of amides is 1. The van der Waals surface area contributed by atoms with Crippen LogP contribution in [-0.2, 0) is 14.3 Å². The summed E-state index contributed by atoms with van der Waals surface area (Å²) in [7, 11) is 0. The SMILES string of the molecule is CC(c1ccc(-c2ccccc2)c(F)c1)c1cc(N(CCOCC(=O)O)C(N)=NC(=O)OC(C)(C)C)on1. The second kappa shape index (κ2) is 12.3. The predicted octanol–water partition coefficient (Wildman–Crippen LogP) is 4.79. The van der Waals surface area contributed by atoms with E-state index in [4.69, 9.17) is 24.8 Å². The van der Waals surface area contributed by atoms with Gasteiger partial charge in [0.05, 0.1) is 18.8 Å². The Bertz CT molecular complexity index is 1290. The maximum absolute atomic E-state index is 14.9. The average Bonchev–Trinajstić information content (AvgIpc) is 3.32. The van der Waals surface area contributed by atoms with Crippen molar-refractivity contribution in [3.8, 4) is 11.1 Å². The topological polar surface area (TPSA) is 140 Å². The highest BCUT2D eigenvalue weighted by Crippen LogP contribution is 2.30. The number of nitrogens with zero attached hydrogens (tertiary/aromatic N) is 3. The van der Waals surface area contributed by atoms with Gasteiger partial charge in [-0.15, -0.1) is 4.99 Å². The van der Waals surface area contributed by atoms with Crippen molar-refractivity contribution in [2.24, 2.45) is 10.7 Å². The van der Waals surface area contributed by atoms with E-state index in [1.165, 1.54) is 11.0 Å². The molecule has 1 amide bonds. The number of aromatic nitrogens is 1. The second-order valence-electron chi connectivity index (χ2n) is 9.47. The maximum Gasteiger partial charge on any atom is 0.437 e. The minimum Gasteiger partial charge on any atom is -0.480 e. The highest BCUT2D eigenvalue weighted by Gasteiger charge is 2.23. The summed E-state index contributed by atoms with van der Waals surface area (Å²) in [5.41, 5.74) is 7.70. The Kier molecular flexibility index (Phi) is 9.19. The number of hydrogen-bond donors (Lipinski definition) is 2. The summed E-state index contributed by atoms with van der Waals surface area (Å²) in [6.07, 6.45) is -0.909. The van der Waals surface area contributed by atoms with Crippen LogP contribution in [0.4, 0.5) is 15.1 Å². The third-order valence-corrected chi connectivity index (χ3v) is 5.36. The molecule has 0 bridgehead atoms. The zero-order valence-electron chi connectivity index (χ0n) is 21.7. The van der Waals surface area contributed by atoms with Crippen LogP contribution >= 0.6 is 0 Å². The van der Waals surface area contributed by atoms with Crippen LogP contribution in [0.5, 0.6) is 0 Å². The molecule has 2 aromatic carbocycles. The number of carbonyl (C=O) groups excluding carboxylic acids is 1. The van der Waals surface area contributed by atoms with E-state index in [1.807, 2.05) is 43.3 Å². The highest BCUT2D eigenvalue weighted by molar-refractivity contribution is 5.99. The molecule has 202 valence electrons. The molecular weight excluding hydrogens is 495 g/mol. The van der Waals surface area contributed by atoms with Crippen LogP contribution in [0.3, 0.4) is 0 Å². The molecule has 1 atom stereocenters. The van der Waals surface area contributed by atoms with Gasteiger partial charge in [-0.05, 0) is 38.0 Å². The van der Waals surface area contributed by atoms with Gasteiger partial charge in [0.25, 0.3) is 0 Å². The Morgan fingerprint density at radius 1 is 1.18 bits per heavy atom. The van der Waals surface area contributed by atoms with Gasteiger partial charge in [0.15, 0.2) is 0 Å². The fourth-order valence-electron chi connectivity index (χ4n) is 3.52. The van der Waals surface area contributed by atoms with E-state index in [2.05, 4.69) is 10.1 Å². The average molecular weight is 527 g/mol. The van der Waals surface area contributed by atoms with Gasteiger partial charge in [-0.2, -0.15) is 0 Å². The molecule has 10 nitrogen and oxygen atoms in total. The van der Waals surface area contributed by atoms with Crippen molar-refractivity contribution in [2.45, 2.75) is 39.2 Å². The van der Waals surface area contributed by atoms with E-state index in [-0.39, 0.29) is 36.7 Å². The van der Waals surface area contributed by atoms with Gasteiger partial charge in [0.2, 0.25) is 11.8 Å². The maximum atomic E-state index is 14.9. The number of carboxylic acid groups (broad SMARTS) is 1. The highest BCUT2D eigenvalue weighted by atomic mass is 19.1. The van der Waals surface area contributed by atoms with Gasteiger partial charge in [0.1, 0.15) is 18.0 Å².